The van der Waals surface area contributed by atoms with Gasteiger partial charge in [0.1, 0.15) is 5.82 Å². The van der Waals surface area contributed by atoms with Crippen LogP contribution in [0.15, 0.2) is 78.9 Å². The molecule has 0 aliphatic carbocycles. The van der Waals surface area contributed by atoms with Crippen LogP contribution < -0.4 is 0 Å². The van der Waals surface area contributed by atoms with E-state index >= 15 is 0 Å². The average molecular weight is 363 g/mol. The van der Waals surface area contributed by atoms with Crippen molar-refractivity contribution in [3.63, 3.8) is 0 Å². The highest BCUT2D eigenvalue weighted by Crippen LogP contribution is 2.25. The Bertz CT molecular complexity index is 1120. The molecule has 4 aromatic rings. The summed E-state index contributed by atoms with van der Waals surface area (Å²) in [5.74, 6) is 0.939. The fraction of sp³-hybridized carbons (Fsp3) is 0.120. The topological polar surface area (TPSA) is 41.6 Å². The number of nitrogens with zero attached hydrogens (tertiary/aromatic N) is 3. The molecule has 0 saturated carbocycles. The minimum atomic E-state index is 0.446. The summed E-state index contributed by atoms with van der Waals surface area (Å²) in [4.78, 5) is 4.87. The van der Waals surface area contributed by atoms with Gasteiger partial charge in [-0.05, 0) is 54.8 Å². The van der Waals surface area contributed by atoms with Crippen LogP contribution in [0, 0.1) is 25.2 Å². The molecule has 0 N–H and O–H groups in total. The first-order chi connectivity index (χ1) is 13.7. The number of nitriles is 1. The summed E-state index contributed by atoms with van der Waals surface area (Å²) in [7, 11) is 0. The molecule has 2 heterocycles. The lowest BCUT2D eigenvalue weighted by Crippen LogP contribution is -2.02. The van der Waals surface area contributed by atoms with Gasteiger partial charge in [0.2, 0.25) is 0 Å². The Hall–Kier alpha value is -3.64. The van der Waals surface area contributed by atoms with Crippen LogP contribution in [-0.4, -0.2) is 9.55 Å². The fourth-order valence-corrected chi connectivity index (χ4v) is 3.48. The summed E-state index contributed by atoms with van der Waals surface area (Å²) in [5, 5.41) is 8.80. The summed E-state index contributed by atoms with van der Waals surface area (Å²) in [6.07, 6.45) is 0.446. The van der Waals surface area contributed by atoms with Gasteiger partial charge in [0.05, 0.1) is 18.2 Å². The van der Waals surface area contributed by atoms with Crippen LogP contribution in [0.2, 0.25) is 0 Å². The van der Waals surface area contributed by atoms with Crippen molar-refractivity contribution < 1.29 is 0 Å². The van der Waals surface area contributed by atoms with Crippen molar-refractivity contribution in [1.29, 1.82) is 5.26 Å². The minimum Gasteiger partial charge on any atom is -0.303 e. The van der Waals surface area contributed by atoms with Crippen molar-refractivity contribution in [2.24, 2.45) is 0 Å². The van der Waals surface area contributed by atoms with Gasteiger partial charge >= 0.3 is 0 Å². The minimum absolute atomic E-state index is 0.446. The van der Waals surface area contributed by atoms with Gasteiger partial charge in [-0.25, -0.2) is 4.98 Å². The monoisotopic (exact) mass is 363 g/mol. The SMILES string of the molecule is Cc1ccc(C)n1-c1cccc(-c2ccc(-c3ccc(CC#N)cc3)cc2)n1. The molecule has 0 amide bonds. The maximum absolute atomic E-state index is 8.80. The van der Waals surface area contributed by atoms with E-state index in [-0.39, 0.29) is 0 Å². The predicted octanol–water partition coefficient (Wildman–Crippen LogP) is 5.89. The first-order valence-electron chi connectivity index (χ1n) is 9.35. The normalized spacial score (nSPS) is 10.6. The standard InChI is InChI=1S/C25H21N3/c1-18-6-7-19(2)28(18)25-5-3-4-24(27-25)23-14-12-22(13-15-23)21-10-8-20(9-11-21)16-17-26/h3-15H,16H2,1-2H3. The first kappa shape index (κ1) is 17.8. The van der Waals surface area contributed by atoms with Crippen LogP contribution in [0.4, 0.5) is 0 Å². The molecule has 4 rings (SSSR count). The second-order valence-electron chi connectivity index (χ2n) is 6.94. The lowest BCUT2D eigenvalue weighted by Gasteiger charge is -2.10. The fourth-order valence-electron chi connectivity index (χ4n) is 3.48. The number of hydrogen-bond donors (Lipinski definition) is 0. The molecular formula is C25H21N3. The highest BCUT2D eigenvalue weighted by molar-refractivity contribution is 5.69. The van der Waals surface area contributed by atoms with E-state index in [2.05, 4.69) is 79.1 Å². The predicted molar refractivity (Wildman–Crippen MR) is 113 cm³/mol. The van der Waals surface area contributed by atoms with Gasteiger partial charge in [0.15, 0.2) is 0 Å². The van der Waals surface area contributed by atoms with Gasteiger partial charge in [-0.1, -0.05) is 54.6 Å². The molecule has 0 spiro atoms. The molecule has 28 heavy (non-hydrogen) atoms. The third-order valence-electron chi connectivity index (χ3n) is 4.99. The van der Waals surface area contributed by atoms with Crippen molar-refractivity contribution in [3.8, 4) is 34.3 Å². The average Bonchev–Trinajstić information content (AvgIpc) is 3.07. The van der Waals surface area contributed by atoms with Crippen LogP contribution >= 0.6 is 0 Å². The van der Waals surface area contributed by atoms with Gasteiger partial charge in [-0.3, -0.25) is 0 Å². The molecule has 0 saturated heterocycles. The van der Waals surface area contributed by atoms with Crippen LogP contribution in [0.3, 0.4) is 0 Å². The van der Waals surface area contributed by atoms with E-state index in [1.165, 1.54) is 11.4 Å². The Morgan fingerprint density at radius 1 is 0.750 bits per heavy atom. The van der Waals surface area contributed by atoms with Crippen LogP contribution in [0.5, 0.6) is 0 Å². The van der Waals surface area contributed by atoms with Crippen molar-refractivity contribution in [1.82, 2.24) is 9.55 Å². The molecule has 2 aromatic carbocycles. The van der Waals surface area contributed by atoms with Crippen molar-refractivity contribution in [2.45, 2.75) is 20.3 Å². The molecule has 0 unspecified atom stereocenters. The smallest absolute Gasteiger partial charge is 0.137 e. The number of pyridine rings is 1. The Morgan fingerprint density at radius 2 is 1.32 bits per heavy atom. The maximum Gasteiger partial charge on any atom is 0.137 e. The molecule has 0 atom stereocenters. The Balaban J connectivity index is 1.63. The van der Waals surface area contributed by atoms with E-state index in [1.807, 2.05) is 24.3 Å². The first-order valence-corrected chi connectivity index (χ1v) is 9.35. The molecule has 3 heteroatoms. The number of hydrogen-bond acceptors (Lipinski definition) is 2. The molecule has 136 valence electrons. The molecule has 0 fully saturated rings. The highest BCUT2D eigenvalue weighted by atomic mass is 15.1. The van der Waals surface area contributed by atoms with Crippen LogP contribution in [0.25, 0.3) is 28.2 Å². The molecule has 0 bridgehead atoms. The highest BCUT2D eigenvalue weighted by Gasteiger charge is 2.07. The molecule has 0 aliphatic rings. The zero-order valence-electron chi connectivity index (χ0n) is 16.1. The molecular weight excluding hydrogens is 342 g/mol. The molecule has 0 aliphatic heterocycles. The summed E-state index contributed by atoms with van der Waals surface area (Å²) in [6, 6.07) is 29.2. The van der Waals surface area contributed by atoms with Crippen LogP contribution in [-0.2, 0) is 6.42 Å². The van der Waals surface area contributed by atoms with Gasteiger partial charge in [0, 0.05) is 17.0 Å². The Kier molecular flexibility index (Phi) is 4.78. The lowest BCUT2D eigenvalue weighted by atomic mass is 10.0. The van der Waals surface area contributed by atoms with Gasteiger partial charge in [-0.15, -0.1) is 0 Å². The van der Waals surface area contributed by atoms with Crippen LogP contribution in [0.1, 0.15) is 17.0 Å². The number of benzene rings is 2. The number of aromatic nitrogens is 2. The number of rotatable bonds is 4. The van der Waals surface area contributed by atoms with E-state index < -0.39 is 0 Å². The van der Waals surface area contributed by atoms with E-state index in [1.54, 1.807) is 0 Å². The molecule has 2 aromatic heterocycles. The van der Waals surface area contributed by atoms with Gasteiger partial charge in [-0.2, -0.15) is 5.26 Å². The zero-order valence-corrected chi connectivity index (χ0v) is 16.1. The third-order valence-corrected chi connectivity index (χ3v) is 4.99. The van der Waals surface area contributed by atoms with E-state index in [9.17, 15) is 0 Å². The van der Waals surface area contributed by atoms with Gasteiger partial charge in [0.25, 0.3) is 0 Å². The summed E-state index contributed by atoms with van der Waals surface area (Å²) < 4.78 is 2.17. The second-order valence-corrected chi connectivity index (χ2v) is 6.94. The Morgan fingerprint density at radius 3 is 1.93 bits per heavy atom. The van der Waals surface area contributed by atoms with E-state index in [4.69, 9.17) is 10.2 Å². The summed E-state index contributed by atoms with van der Waals surface area (Å²) >= 11 is 0. The number of aryl methyl sites for hydroxylation is 2. The quantitative estimate of drug-likeness (QED) is 0.454. The Labute approximate surface area is 165 Å². The summed E-state index contributed by atoms with van der Waals surface area (Å²) in [5.41, 5.74) is 7.75. The molecule has 3 nitrogen and oxygen atoms in total. The van der Waals surface area contributed by atoms with Crippen molar-refractivity contribution >= 4 is 0 Å². The molecule has 0 radical (unpaired) electrons. The largest absolute Gasteiger partial charge is 0.303 e. The lowest BCUT2D eigenvalue weighted by molar-refractivity contribution is 0.924. The maximum atomic E-state index is 8.80. The second kappa shape index (κ2) is 7.54. The third kappa shape index (κ3) is 3.45. The van der Waals surface area contributed by atoms with Crippen molar-refractivity contribution in [2.75, 3.05) is 0 Å². The van der Waals surface area contributed by atoms with E-state index in [0.717, 1.165) is 33.8 Å². The van der Waals surface area contributed by atoms with Gasteiger partial charge < -0.3 is 4.57 Å². The van der Waals surface area contributed by atoms with E-state index in [0.29, 0.717) is 6.42 Å². The van der Waals surface area contributed by atoms with Crippen molar-refractivity contribution in [3.05, 3.63) is 95.8 Å². The summed E-state index contributed by atoms with van der Waals surface area (Å²) in [6.45, 7) is 4.19. The zero-order chi connectivity index (χ0) is 19.5.